The molecule has 1 fully saturated rings. The van der Waals surface area contributed by atoms with Crippen LogP contribution in [0.1, 0.15) is 18.5 Å². The van der Waals surface area contributed by atoms with E-state index in [2.05, 4.69) is 10.3 Å². The molecule has 0 amide bonds. The van der Waals surface area contributed by atoms with Crippen molar-refractivity contribution in [2.75, 3.05) is 18.5 Å². The number of ether oxygens (including phenoxy) is 1. The molecule has 1 aliphatic rings. The Morgan fingerprint density at radius 3 is 2.47 bits per heavy atom. The molecule has 1 aromatic heterocycles. The highest BCUT2D eigenvalue weighted by molar-refractivity contribution is 5.42. The number of nitrogens with one attached hydrogen (secondary N) is 1. The van der Waals surface area contributed by atoms with E-state index in [1.165, 1.54) is 12.3 Å². The minimum absolute atomic E-state index is 0.252. The predicted molar refractivity (Wildman–Crippen MR) is 56.7 cm³/mol. The van der Waals surface area contributed by atoms with Crippen LogP contribution in [0.3, 0.4) is 0 Å². The van der Waals surface area contributed by atoms with Gasteiger partial charge in [0.25, 0.3) is 0 Å². The lowest BCUT2D eigenvalue weighted by Crippen LogP contribution is -2.27. The molecule has 0 radical (unpaired) electrons. The molecule has 1 aliphatic heterocycles. The highest BCUT2D eigenvalue weighted by Crippen LogP contribution is 2.28. The molecule has 94 valence electrons. The summed E-state index contributed by atoms with van der Waals surface area (Å²) in [6.45, 7) is 1.37. The van der Waals surface area contributed by atoms with Gasteiger partial charge in [0.2, 0.25) is 0 Å². The second-order valence-electron chi connectivity index (χ2n) is 3.96. The number of alkyl halides is 3. The maximum Gasteiger partial charge on any atom is 0.433 e. The van der Waals surface area contributed by atoms with Crippen molar-refractivity contribution in [2.24, 2.45) is 0 Å². The van der Waals surface area contributed by atoms with Crippen molar-refractivity contribution in [2.45, 2.75) is 25.1 Å². The van der Waals surface area contributed by atoms with E-state index in [1.54, 1.807) is 0 Å². The lowest BCUT2D eigenvalue weighted by molar-refractivity contribution is -0.141. The summed E-state index contributed by atoms with van der Waals surface area (Å²) in [4.78, 5) is 3.40. The van der Waals surface area contributed by atoms with E-state index in [0.717, 1.165) is 18.9 Å². The molecule has 0 aliphatic carbocycles. The molecule has 0 bridgehead atoms. The molecule has 6 heteroatoms. The largest absolute Gasteiger partial charge is 0.433 e. The van der Waals surface area contributed by atoms with Gasteiger partial charge in [-0.15, -0.1) is 0 Å². The average molecular weight is 246 g/mol. The molecule has 0 spiro atoms. The summed E-state index contributed by atoms with van der Waals surface area (Å²) in [6.07, 6.45) is -1.43. The van der Waals surface area contributed by atoms with Crippen molar-refractivity contribution >= 4 is 5.69 Å². The van der Waals surface area contributed by atoms with Crippen molar-refractivity contribution < 1.29 is 17.9 Å². The summed E-state index contributed by atoms with van der Waals surface area (Å²) >= 11 is 0. The minimum atomic E-state index is -4.38. The Balaban J connectivity index is 1.98. The number of hydrogen-bond acceptors (Lipinski definition) is 3. The molecule has 0 atom stereocenters. The Labute approximate surface area is 97.0 Å². The van der Waals surface area contributed by atoms with Gasteiger partial charge in [-0.25, -0.2) is 4.98 Å². The summed E-state index contributed by atoms with van der Waals surface area (Å²) < 4.78 is 42.0. The van der Waals surface area contributed by atoms with Gasteiger partial charge < -0.3 is 10.1 Å². The zero-order valence-electron chi connectivity index (χ0n) is 9.13. The maximum atomic E-state index is 12.3. The molecule has 1 N–H and O–H groups in total. The minimum Gasteiger partial charge on any atom is -0.381 e. The SMILES string of the molecule is FC(F)(F)c1ccc(NC2CCOCC2)cn1. The van der Waals surface area contributed by atoms with E-state index < -0.39 is 11.9 Å². The van der Waals surface area contributed by atoms with Crippen LogP contribution in [-0.2, 0) is 10.9 Å². The van der Waals surface area contributed by atoms with Crippen molar-refractivity contribution in [3.8, 4) is 0 Å². The second kappa shape index (κ2) is 4.91. The first kappa shape index (κ1) is 12.2. The van der Waals surface area contributed by atoms with Crippen molar-refractivity contribution in [1.82, 2.24) is 4.98 Å². The smallest absolute Gasteiger partial charge is 0.381 e. The Morgan fingerprint density at radius 1 is 1.24 bits per heavy atom. The fourth-order valence-electron chi connectivity index (χ4n) is 1.72. The van der Waals surface area contributed by atoms with E-state index in [1.807, 2.05) is 0 Å². The number of halogens is 3. The molecule has 3 nitrogen and oxygen atoms in total. The van der Waals surface area contributed by atoms with Crippen LogP contribution in [0.5, 0.6) is 0 Å². The van der Waals surface area contributed by atoms with Gasteiger partial charge in [-0.05, 0) is 25.0 Å². The fraction of sp³-hybridized carbons (Fsp3) is 0.545. The molecule has 1 saturated heterocycles. The summed E-state index contributed by atoms with van der Waals surface area (Å²) in [7, 11) is 0. The van der Waals surface area contributed by atoms with Gasteiger partial charge >= 0.3 is 6.18 Å². The standard InChI is InChI=1S/C11H13F3N2O/c12-11(13,14)10-2-1-9(7-15-10)16-8-3-5-17-6-4-8/h1-2,7-8,16H,3-6H2. The quantitative estimate of drug-likeness (QED) is 0.871. The molecular weight excluding hydrogens is 233 g/mol. The first-order valence-corrected chi connectivity index (χ1v) is 5.43. The zero-order chi connectivity index (χ0) is 12.3. The number of aromatic nitrogens is 1. The van der Waals surface area contributed by atoms with E-state index in [0.29, 0.717) is 18.9 Å². The number of nitrogens with zero attached hydrogens (tertiary/aromatic N) is 1. The van der Waals surface area contributed by atoms with Crippen molar-refractivity contribution in [3.05, 3.63) is 24.0 Å². The first-order valence-electron chi connectivity index (χ1n) is 5.43. The Bertz CT molecular complexity index is 358. The van der Waals surface area contributed by atoms with Gasteiger partial charge in [0.05, 0.1) is 11.9 Å². The fourth-order valence-corrected chi connectivity index (χ4v) is 1.72. The number of pyridine rings is 1. The van der Waals surface area contributed by atoms with Crippen LogP contribution in [0.25, 0.3) is 0 Å². The van der Waals surface area contributed by atoms with Crippen molar-refractivity contribution in [1.29, 1.82) is 0 Å². The molecule has 0 unspecified atom stereocenters. The first-order chi connectivity index (χ1) is 8.05. The van der Waals surface area contributed by atoms with E-state index in [4.69, 9.17) is 4.74 Å². The van der Waals surface area contributed by atoms with Gasteiger partial charge in [0.15, 0.2) is 0 Å². The number of anilines is 1. The Kier molecular flexibility index (Phi) is 3.51. The van der Waals surface area contributed by atoms with Crippen LogP contribution < -0.4 is 5.32 Å². The van der Waals surface area contributed by atoms with Crippen LogP contribution in [0.15, 0.2) is 18.3 Å². The molecule has 2 rings (SSSR count). The molecule has 2 heterocycles. The molecular formula is C11H13F3N2O. The van der Waals surface area contributed by atoms with Crippen LogP contribution in [0, 0.1) is 0 Å². The lowest BCUT2D eigenvalue weighted by Gasteiger charge is -2.24. The van der Waals surface area contributed by atoms with E-state index in [9.17, 15) is 13.2 Å². The van der Waals surface area contributed by atoms with Crippen LogP contribution >= 0.6 is 0 Å². The van der Waals surface area contributed by atoms with Gasteiger partial charge in [0, 0.05) is 19.3 Å². The lowest BCUT2D eigenvalue weighted by atomic mass is 10.1. The third-order valence-corrected chi connectivity index (χ3v) is 2.65. The predicted octanol–water partition coefficient (Wildman–Crippen LogP) is 2.69. The average Bonchev–Trinajstić information content (AvgIpc) is 2.30. The van der Waals surface area contributed by atoms with E-state index >= 15 is 0 Å². The van der Waals surface area contributed by atoms with Crippen molar-refractivity contribution in [3.63, 3.8) is 0 Å². The number of rotatable bonds is 2. The summed E-state index contributed by atoms with van der Waals surface area (Å²) in [6, 6.07) is 2.65. The summed E-state index contributed by atoms with van der Waals surface area (Å²) in [5, 5.41) is 3.15. The highest BCUT2D eigenvalue weighted by atomic mass is 19.4. The van der Waals surface area contributed by atoms with Crippen LogP contribution in [0.4, 0.5) is 18.9 Å². The van der Waals surface area contributed by atoms with Crippen LogP contribution in [0.2, 0.25) is 0 Å². The third kappa shape index (κ3) is 3.33. The molecule has 0 saturated carbocycles. The van der Waals surface area contributed by atoms with E-state index in [-0.39, 0.29) is 6.04 Å². The normalized spacial score (nSPS) is 18.1. The Hall–Kier alpha value is -1.30. The van der Waals surface area contributed by atoms with Gasteiger partial charge in [0.1, 0.15) is 5.69 Å². The van der Waals surface area contributed by atoms with Crippen LogP contribution in [-0.4, -0.2) is 24.2 Å². The maximum absolute atomic E-state index is 12.3. The van der Waals surface area contributed by atoms with Gasteiger partial charge in [-0.1, -0.05) is 0 Å². The number of hydrogen-bond donors (Lipinski definition) is 1. The van der Waals surface area contributed by atoms with Gasteiger partial charge in [-0.3, -0.25) is 0 Å². The summed E-state index contributed by atoms with van der Waals surface area (Å²) in [5.74, 6) is 0. The monoisotopic (exact) mass is 246 g/mol. The second-order valence-corrected chi connectivity index (χ2v) is 3.96. The summed E-state index contributed by atoms with van der Waals surface area (Å²) in [5.41, 5.74) is -0.250. The zero-order valence-corrected chi connectivity index (χ0v) is 9.13. The Morgan fingerprint density at radius 2 is 1.94 bits per heavy atom. The topological polar surface area (TPSA) is 34.1 Å². The molecule has 17 heavy (non-hydrogen) atoms. The molecule has 1 aromatic rings. The molecule has 0 aromatic carbocycles. The van der Waals surface area contributed by atoms with Gasteiger partial charge in [-0.2, -0.15) is 13.2 Å². The third-order valence-electron chi connectivity index (χ3n) is 2.65. The highest BCUT2D eigenvalue weighted by Gasteiger charge is 2.32.